The number of halogens is 2. The van der Waals surface area contributed by atoms with Gasteiger partial charge >= 0.3 is 0 Å². The third kappa shape index (κ3) is 1.51. The van der Waals surface area contributed by atoms with E-state index in [0.29, 0.717) is 0 Å². The van der Waals surface area contributed by atoms with Gasteiger partial charge in [0, 0.05) is 18.5 Å². The number of imidazole rings is 1. The van der Waals surface area contributed by atoms with Gasteiger partial charge in [-0.15, -0.1) is 0 Å². The summed E-state index contributed by atoms with van der Waals surface area (Å²) in [4.78, 5) is 0. The van der Waals surface area contributed by atoms with Gasteiger partial charge < -0.3 is 9.13 Å². The van der Waals surface area contributed by atoms with Crippen LogP contribution in [0, 0.1) is 18.0 Å². The number of hydrogen-bond donors (Lipinski definition) is 0. The maximum Gasteiger partial charge on any atom is 0.243 e. The van der Waals surface area contributed by atoms with Crippen molar-refractivity contribution < 1.29 is 13.3 Å². The highest BCUT2D eigenvalue weighted by atomic mass is 19.1. The Kier molecular flexibility index (Phi) is 2.04. The molecule has 2 rings (SSSR count). The summed E-state index contributed by atoms with van der Waals surface area (Å²) in [5, 5.41) is 0. The number of aromatic nitrogens is 2. The second-order valence-corrected chi connectivity index (χ2v) is 2.97. The molecule has 0 aliphatic heterocycles. The topological polar surface area (TPSA) is 8.81 Å². The lowest BCUT2D eigenvalue weighted by atomic mass is 10.3. The van der Waals surface area contributed by atoms with Crippen molar-refractivity contribution in [3.05, 3.63) is 48.6 Å². The van der Waals surface area contributed by atoms with Gasteiger partial charge in [0.05, 0.1) is 12.7 Å². The molecule has 1 heterocycles. The summed E-state index contributed by atoms with van der Waals surface area (Å²) in [5.41, 5.74) is 0.284. The highest BCUT2D eigenvalue weighted by Crippen LogP contribution is 2.13. The SMILES string of the molecule is C[n+]1[c-]n(-c2ccc(F)cc2F)cc1. The molecular weight excluding hydrogens is 186 g/mol. The van der Waals surface area contributed by atoms with E-state index in [2.05, 4.69) is 6.33 Å². The van der Waals surface area contributed by atoms with Gasteiger partial charge in [-0.3, -0.25) is 0 Å². The lowest BCUT2D eigenvalue weighted by molar-refractivity contribution is -0.674. The van der Waals surface area contributed by atoms with Crippen molar-refractivity contribution in [2.45, 2.75) is 0 Å². The first-order valence-corrected chi connectivity index (χ1v) is 4.08. The lowest BCUT2D eigenvalue weighted by Crippen LogP contribution is -2.24. The fourth-order valence-corrected chi connectivity index (χ4v) is 1.21. The van der Waals surface area contributed by atoms with Crippen molar-refractivity contribution in [1.82, 2.24) is 4.57 Å². The number of benzene rings is 1. The van der Waals surface area contributed by atoms with Crippen LogP contribution in [0.15, 0.2) is 30.6 Å². The second kappa shape index (κ2) is 3.21. The van der Waals surface area contributed by atoms with E-state index in [1.165, 1.54) is 16.7 Å². The van der Waals surface area contributed by atoms with E-state index in [-0.39, 0.29) is 5.69 Å². The Labute approximate surface area is 80.0 Å². The van der Waals surface area contributed by atoms with Crippen molar-refractivity contribution in [3.63, 3.8) is 0 Å². The van der Waals surface area contributed by atoms with E-state index >= 15 is 0 Å². The Balaban J connectivity index is 2.52. The van der Waals surface area contributed by atoms with Crippen LogP contribution >= 0.6 is 0 Å². The summed E-state index contributed by atoms with van der Waals surface area (Å²) in [6, 6.07) is 3.44. The van der Waals surface area contributed by atoms with Crippen molar-refractivity contribution >= 4 is 0 Å². The Hall–Kier alpha value is -1.71. The van der Waals surface area contributed by atoms with Crippen LogP contribution in [0.2, 0.25) is 0 Å². The highest BCUT2D eigenvalue weighted by molar-refractivity contribution is 5.32. The molecule has 14 heavy (non-hydrogen) atoms. The van der Waals surface area contributed by atoms with E-state index < -0.39 is 11.6 Å². The Morgan fingerprint density at radius 1 is 1.36 bits per heavy atom. The van der Waals surface area contributed by atoms with Gasteiger partial charge in [-0.1, -0.05) is 6.07 Å². The molecule has 0 saturated heterocycles. The minimum Gasteiger partial charge on any atom is -0.324 e. The molecule has 0 spiro atoms. The molecule has 2 aromatic rings. The van der Waals surface area contributed by atoms with Gasteiger partial charge in [0.15, 0.2) is 0 Å². The molecule has 0 radical (unpaired) electrons. The summed E-state index contributed by atoms with van der Waals surface area (Å²) in [5.74, 6) is -1.18. The molecule has 0 amide bonds. The number of nitrogens with zero attached hydrogens (tertiary/aromatic N) is 2. The fraction of sp³-hybridized carbons (Fsp3) is 0.100. The molecule has 0 N–H and O–H groups in total. The molecule has 0 aliphatic carbocycles. The van der Waals surface area contributed by atoms with Gasteiger partial charge in [-0.05, 0) is 6.07 Å². The molecule has 1 aromatic heterocycles. The van der Waals surface area contributed by atoms with Crippen LogP contribution in [0.3, 0.4) is 0 Å². The quantitative estimate of drug-likeness (QED) is 0.479. The van der Waals surface area contributed by atoms with Crippen LogP contribution < -0.4 is 4.57 Å². The van der Waals surface area contributed by atoms with E-state index in [1.807, 2.05) is 0 Å². The normalized spacial score (nSPS) is 10.5. The zero-order valence-electron chi connectivity index (χ0n) is 7.54. The largest absolute Gasteiger partial charge is 0.324 e. The highest BCUT2D eigenvalue weighted by Gasteiger charge is 2.04. The van der Waals surface area contributed by atoms with Gasteiger partial charge in [0.2, 0.25) is 6.33 Å². The molecule has 0 unspecified atom stereocenters. The van der Waals surface area contributed by atoms with E-state index in [9.17, 15) is 8.78 Å². The number of hydrogen-bond acceptors (Lipinski definition) is 0. The van der Waals surface area contributed by atoms with E-state index in [4.69, 9.17) is 0 Å². The smallest absolute Gasteiger partial charge is 0.243 e. The summed E-state index contributed by atoms with van der Waals surface area (Å²) in [6.07, 6.45) is 6.20. The fourth-order valence-electron chi connectivity index (χ4n) is 1.21. The molecule has 0 fully saturated rings. The van der Waals surface area contributed by atoms with E-state index in [0.717, 1.165) is 6.07 Å². The Morgan fingerprint density at radius 3 is 2.71 bits per heavy atom. The molecule has 72 valence electrons. The summed E-state index contributed by atoms with van der Waals surface area (Å²) in [6.45, 7) is 0. The molecule has 0 aliphatic rings. The van der Waals surface area contributed by atoms with Gasteiger partial charge in [0.25, 0.3) is 0 Å². The molecule has 0 atom stereocenters. The van der Waals surface area contributed by atoms with Crippen molar-refractivity contribution in [3.8, 4) is 5.69 Å². The van der Waals surface area contributed by atoms with Gasteiger partial charge in [-0.25, -0.2) is 8.78 Å². The Bertz CT molecular complexity index is 463. The average molecular weight is 194 g/mol. The lowest BCUT2D eigenvalue weighted by Gasteiger charge is -2.03. The molecular formula is C10H8F2N2. The van der Waals surface area contributed by atoms with Gasteiger partial charge in [0.1, 0.15) is 11.6 Å². The summed E-state index contributed by atoms with van der Waals surface area (Å²) >= 11 is 0. The molecule has 0 saturated carbocycles. The standard InChI is InChI=1S/C10H8F2N2/c1-13-4-5-14(7-13)10-3-2-8(11)6-9(10)12/h2-6H,1H3. The monoisotopic (exact) mass is 194 g/mol. The maximum atomic E-state index is 13.3. The first-order chi connectivity index (χ1) is 6.66. The Morgan fingerprint density at radius 2 is 2.14 bits per heavy atom. The van der Waals surface area contributed by atoms with Crippen LogP contribution in [-0.2, 0) is 7.05 Å². The van der Waals surface area contributed by atoms with Crippen LogP contribution in [0.1, 0.15) is 0 Å². The van der Waals surface area contributed by atoms with Crippen LogP contribution in [0.5, 0.6) is 0 Å². The van der Waals surface area contributed by atoms with Crippen molar-refractivity contribution in [2.75, 3.05) is 0 Å². The van der Waals surface area contributed by atoms with Crippen molar-refractivity contribution in [2.24, 2.45) is 7.05 Å². The van der Waals surface area contributed by atoms with Gasteiger partial charge in [-0.2, -0.15) is 0 Å². The molecule has 1 aromatic carbocycles. The average Bonchev–Trinajstić information content (AvgIpc) is 2.51. The predicted octanol–water partition coefficient (Wildman–Crippen LogP) is 1.38. The van der Waals surface area contributed by atoms with Crippen LogP contribution in [-0.4, -0.2) is 4.57 Å². The van der Waals surface area contributed by atoms with E-state index in [1.54, 1.807) is 24.0 Å². The molecule has 0 bridgehead atoms. The van der Waals surface area contributed by atoms with Crippen LogP contribution in [0.4, 0.5) is 8.78 Å². The summed E-state index contributed by atoms with van der Waals surface area (Å²) < 4.78 is 29.0. The molecule has 2 nitrogen and oxygen atoms in total. The number of rotatable bonds is 1. The second-order valence-electron chi connectivity index (χ2n) is 2.97. The first-order valence-electron chi connectivity index (χ1n) is 4.08. The van der Waals surface area contributed by atoms with Crippen molar-refractivity contribution in [1.29, 1.82) is 0 Å². The zero-order valence-corrected chi connectivity index (χ0v) is 7.54. The minimum absolute atomic E-state index is 0.284. The first kappa shape index (κ1) is 8.87. The number of aryl methyl sites for hydroxylation is 1. The molecule has 4 heteroatoms. The third-order valence-corrected chi connectivity index (χ3v) is 1.87. The minimum atomic E-state index is -0.600. The van der Waals surface area contributed by atoms with Crippen LogP contribution in [0.25, 0.3) is 5.69 Å². The predicted molar refractivity (Wildman–Crippen MR) is 45.7 cm³/mol. The summed E-state index contributed by atoms with van der Waals surface area (Å²) in [7, 11) is 1.78. The third-order valence-electron chi connectivity index (χ3n) is 1.87. The zero-order chi connectivity index (χ0) is 10.1. The maximum absolute atomic E-state index is 13.3.